The first-order valence-electron chi connectivity index (χ1n) is 7.63. The first-order chi connectivity index (χ1) is 11.9. The van der Waals surface area contributed by atoms with Crippen molar-refractivity contribution in [3.05, 3.63) is 65.5 Å². The van der Waals surface area contributed by atoms with E-state index in [1.807, 2.05) is 35.9 Å². The van der Waals surface area contributed by atoms with Gasteiger partial charge in [-0.2, -0.15) is 0 Å². The molecule has 2 rings (SSSR count). The molecule has 1 aromatic heterocycles. The molecule has 1 aromatic carbocycles. The van der Waals surface area contributed by atoms with Crippen LogP contribution >= 0.6 is 0 Å². The molecule has 0 bridgehead atoms. The lowest BCUT2D eigenvalue weighted by molar-refractivity contribution is -0.120. The van der Waals surface area contributed by atoms with Gasteiger partial charge in [0.05, 0.1) is 11.3 Å². The standard InChI is InChI=1S/C17H19N3O4S/c1-13-4-6-14(7-5-13)11-19-16(21)8-10-25(23,24)20-17(22)15-3-2-9-18-12-15/h2-7,9,12H,8,10-11H2,1H3,(H,19,21)(H,20,22). The van der Waals surface area contributed by atoms with Crippen LogP contribution in [0, 0.1) is 6.92 Å². The first-order valence-corrected chi connectivity index (χ1v) is 9.28. The fourth-order valence-corrected chi connectivity index (χ4v) is 2.93. The Balaban J connectivity index is 1.79. The number of aryl methyl sites for hydroxylation is 1. The van der Waals surface area contributed by atoms with Crippen LogP contribution in [0.1, 0.15) is 27.9 Å². The Labute approximate surface area is 146 Å². The highest BCUT2D eigenvalue weighted by Gasteiger charge is 2.17. The lowest BCUT2D eigenvalue weighted by Crippen LogP contribution is -2.34. The average Bonchev–Trinajstić information content (AvgIpc) is 2.60. The van der Waals surface area contributed by atoms with Crippen molar-refractivity contribution in [2.75, 3.05) is 5.75 Å². The van der Waals surface area contributed by atoms with Gasteiger partial charge in [0.1, 0.15) is 0 Å². The van der Waals surface area contributed by atoms with Gasteiger partial charge < -0.3 is 5.32 Å². The molecule has 0 aliphatic carbocycles. The molecule has 1 heterocycles. The molecule has 2 aromatic rings. The van der Waals surface area contributed by atoms with Gasteiger partial charge in [-0.1, -0.05) is 29.8 Å². The summed E-state index contributed by atoms with van der Waals surface area (Å²) in [5.74, 6) is -1.65. The molecule has 25 heavy (non-hydrogen) atoms. The van der Waals surface area contributed by atoms with E-state index < -0.39 is 27.6 Å². The molecule has 0 aliphatic heterocycles. The smallest absolute Gasteiger partial charge is 0.266 e. The number of benzene rings is 1. The summed E-state index contributed by atoms with van der Waals surface area (Å²) in [5.41, 5.74) is 2.17. The van der Waals surface area contributed by atoms with Gasteiger partial charge in [-0.25, -0.2) is 13.1 Å². The van der Waals surface area contributed by atoms with Gasteiger partial charge >= 0.3 is 0 Å². The maximum absolute atomic E-state index is 11.9. The van der Waals surface area contributed by atoms with Gasteiger partial charge in [0.2, 0.25) is 15.9 Å². The summed E-state index contributed by atoms with van der Waals surface area (Å²) in [6.07, 6.45) is 2.50. The summed E-state index contributed by atoms with van der Waals surface area (Å²) in [6, 6.07) is 10.6. The number of pyridine rings is 1. The molecule has 0 unspecified atom stereocenters. The average molecular weight is 361 g/mol. The summed E-state index contributed by atoms with van der Waals surface area (Å²) in [7, 11) is -3.90. The van der Waals surface area contributed by atoms with Crippen LogP contribution in [0.5, 0.6) is 0 Å². The van der Waals surface area contributed by atoms with Gasteiger partial charge in [-0.05, 0) is 24.6 Å². The number of carbonyl (C=O) groups is 2. The molecule has 0 fully saturated rings. The van der Waals surface area contributed by atoms with E-state index in [2.05, 4.69) is 10.3 Å². The third-order valence-corrected chi connectivity index (χ3v) is 4.62. The van der Waals surface area contributed by atoms with E-state index in [1.54, 1.807) is 0 Å². The van der Waals surface area contributed by atoms with E-state index in [9.17, 15) is 18.0 Å². The fraction of sp³-hybridized carbons (Fsp3) is 0.235. The number of hydrogen-bond acceptors (Lipinski definition) is 5. The number of amides is 2. The van der Waals surface area contributed by atoms with Crippen molar-refractivity contribution in [2.45, 2.75) is 19.9 Å². The van der Waals surface area contributed by atoms with E-state index in [0.717, 1.165) is 11.1 Å². The second-order valence-electron chi connectivity index (χ2n) is 5.50. The topological polar surface area (TPSA) is 105 Å². The lowest BCUT2D eigenvalue weighted by atomic mass is 10.1. The van der Waals surface area contributed by atoms with E-state index in [-0.39, 0.29) is 12.0 Å². The highest BCUT2D eigenvalue weighted by Crippen LogP contribution is 2.03. The number of carbonyl (C=O) groups excluding carboxylic acids is 2. The van der Waals surface area contributed by atoms with Crippen molar-refractivity contribution in [1.82, 2.24) is 15.0 Å². The van der Waals surface area contributed by atoms with Crippen LogP contribution in [0.25, 0.3) is 0 Å². The zero-order valence-electron chi connectivity index (χ0n) is 13.7. The molecule has 132 valence electrons. The Kier molecular flexibility index (Phi) is 6.24. The summed E-state index contributed by atoms with van der Waals surface area (Å²) in [5, 5.41) is 2.65. The third-order valence-electron chi connectivity index (χ3n) is 3.38. The summed E-state index contributed by atoms with van der Waals surface area (Å²) in [6.45, 7) is 2.29. The highest BCUT2D eigenvalue weighted by atomic mass is 32.2. The zero-order chi connectivity index (χ0) is 18.3. The van der Waals surface area contributed by atoms with Crippen LogP contribution in [0.2, 0.25) is 0 Å². The molecular weight excluding hydrogens is 342 g/mol. The van der Waals surface area contributed by atoms with Crippen LogP contribution in [-0.2, 0) is 21.4 Å². The molecule has 0 aliphatic rings. The zero-order valence-corrected chi connectivity index (χ0v) is 14.5. The van der Waals surface area contributed by atoms with Gasteiger partial charge in [0.25, 0.3) is 5.91 Å². The van der Waals surface area contributed by atoms with Crippen molar-refractivity contribution >= 4 is 21.8 Å². The second-order valence-corrected chi connectivity index (χ2v) is 7.35. The summed E-state index contributed by atoms with van der Waals surface area (Å²) in [4.78, 5) is 27.3. The van der Waals surface area contributed by atoms with Crippen LogP contribution in [0.4, 0.5) is 0 Å². The number of nitrogens with one attached hydrogen (secondary N) is 2. The Hall–Kier alpha value is -2.74. The molecular formula is C17H19N3O4S. The van der Waals surface area contributed by atoms with Gasteiger partial charge in [-0.15, -0.1) is 0 Å². The predicted octanol–water partition coefficient (Wildman–Crippen LogP) is 1.16. The first kappa shape index (κ1) is 18.6. The predicted molar refractivity (Wildman–Crippen MR) is 93.1 cm³/mol. The molecule has 2 amide bonds. The normalized spacial score (nSPS) is 10.9. The molecule has 0 radical (unpaired) electrons. The van der Waals surface area contributed by atoms with E-state index >= 15 is 0 Å². The Morgan fingerprint density at radius 3 is 2.48 bits per heavy atom. The maximum Gasteiger partial charge on any atom is 0.266 e. The van der Waals surface area contributed by atoms with Crippen LogP contribution in [0.3, 0.4) is 0 Å². The number of rotatable bonds is 7. The SMILES string of the molecule is Cc1ccc(CNC(=O)CCS(=O)(=O)NC(=O)c2cccnc2)cc1. The van der Waals surface area contributed by atoms with Crippen molar-refractivity contribution in [3.63, 3.8) is 0 Å². The second kappa shape index (κ2) is 8.39. The van der Waals surface area contributed by atoms with E-state index in [4.69, 9.17) is 0 Å². The number of nitrogens with zero attached hydrogens (tertiary/aromatic N) is 1. The molecule has 2 N–H and O–H groups in total. The Bertz CT molecular complexity index is 834. The Morgan fingerprint density at radius 1 is 1.12 bits per heavy atom. The maximum atomic E-state index is 11.9. The molecule has 8 heteroatoms. The van der Waals surface area contributed by atoms with Crippen molar-refractivity contribution in [3.8, 4) is 0 Å². The molecule has 7 nitrogen and oxygen atoms in total. The Morgan fingerprint density at radius 2 is 1.84 bits per heavy atom. The molecule has 0 saturated heterocycles. The third kappa shape index (κ3) is 6.34. The number of aromatic nitrogens is 1. The summed E-state index contributed by atoms with van der Waals surface area (Å²) >= 11 is 0. The van der Waals surface area contributed by atoms with E-state index in [0.29, 0.717) is 6.54 Å². The summed E-state index contributed by atoms with van der Waals surface area (Å²) < 4.78 is 25.7. The van der Waals surface area contributed by atoms with Crippen LogP contribution < -0.4 is 10.0 Å². The molecule has 0 atom stereocenters. The minimum Gasteiger partial charge on any atom is -0.352 e. The van der Waals surface area contributed by atoms with Gasteiger partial charge in [-0.3, -0.25) is 14.6 Å². The largest absolute Gasteiger partial charge is 0.352 e. The van der Waals surface area contributed by atoms with E-state index in [1.165, 1.54) is 24.5 Å². The lowest BCUT2D eigenvalue weighted by Gasteiger charge is -2.08. The number of hydrogen-bond donors (Lipinski definition) is 2. The monoisotopic (exact) mass is 361 g/mol. The molecule has 0 saturated carbocycles. The van der Waals surface area contributed by atoms with Crippen LogP contribution in [0.15, 0.2) is 48.8 Å². The van der Waals surface area contributed by atoms with Gasteiger partial charge in [0.15, 0.2) is 0 Å². The highest BCUT2D eigenvalue weighted by molar-refractivity contribution is 7.90. The van der Waals surface area contributed by atoms with Crippen molar-refractivity contribution in [2.24, 2.45) is 0 Å². The number of sulfonamides is 1. The quantitative estimate of drug-likeness (QED) is 0.770. The van der Waals surface area contributed by atoms with Crippen LogP contribution in [-0.4, -0.2) is 31.0 Å². The fourth-order valence-electron chi connectivity index (χ4n) is 1.97. The minimum atomic E-state index is -3.90. The van der Waals surface area contributed by atoms with Crippen molar-refractivity contribution < 1.29 is 18.0 Å². The molecule has 0 spiro atoms. The van der Waals surface area contributed by atoms with Crippen molar-refractivity contribution in [1.29, 1.82) is 0 Å². The minimum absolute atomic E-state index is 0.134. The van der Waals surface area contributed by atoms with Gasteiger partial charge in [0, 0.05) is 25.4 Å².